The van der Waals surface area contributed by atoms with E-state index in [0.717, 1.165) is 0 Å². The average molecular weight is 372 g/mol. The molecule has 2 aromatic rings. The van der Waals surface area contributed by atoms with Gasteiger partial charge in [0, 0.05) is 0 Å². The summed E-state index contributed by atoms with van der Waals surface area (Å²) in [5.74, 6) is -2.46. The summed E-state index contributed by atoms with van der Waals surface area (Å²) in [5, 5.41) is 3.35. The molecule has 0 saturated carbocycles. The van der Waals surface area contributed by atoms with Crippen molar-refractivity contribution in [2.75, 3.05) is 17.2 Å². The number of carbonyl (C=O) groups excluding carboxylic acids is 3. The van der Waals surface area contributed by atoms with E-state index in [-0.39, 0.29) is 0 Å². The lowest BCUT2D eigenvalue weighted by atomic mass is 10.2. The van der Waals surface area contributed by atoms with Crippen LogP contribution in [0, 0.1) is 0 Å². The van der Waals surface area contributed by atoms with E-state index in [9.17, 15) is 18.6 Å². The normalized spacial score (nSPS) is 18.4. The van der Waals surface area contributed by atoms with E-state index < -0.39 is 33.6 Å². The van der Waals surface area contributed by atoms with Crippen molar-refractivity contribution < 1.29 is 23.3 Å². The van der Waals surface area contributed by atoms with Crippen molar-refractivity contribution in [3.63, 3.8) is 0 Å². The van der Waals surface area contributed by atoms with Gasteiger partial charge in [-0.25, -0.2) is 0 Å². The third-order valence-electron chi connectivity index (χ3n) is 3.71. The highest BCUT2D eigenvalue weighted by Gasteiger charge is 2.41. The van der Waals surface area contributed by atoms with E-state index >= 15 is 0 Å². The molecule has 0 aromatic heterocycles. The number of hydrogen-bond acceptors (Lipinski definition) is 5. The molecule has 2 atom stereocenters. The van der Waals surface area contributed by atoms with Crippen LogP contribution in [0.25, 0.3) is 0 Å². The fraction of sp³-hybridized carbons (Fsp3) is 0.167. The van der Waals surface area contributed by atoms with Crippen molar-refractivity contribution in [1.82, 2.24) is 0 Å². The van der Waals surface area contributed by atoms with Crippen LogP contribution in [-0.4, -0.2) is 33.7 Å². The van der Waals surface area contributed by atoms with Gasteiger partial charge in [0.25, 0.3) is 5.91 Å². The van der Waals surface area contributed by atoms with Crippen LogP contribution in [0.4, 0.5) is 11.4 Å². The molecule has 8 heteroatoms. The Balaban J connectivity index is 1.82. The number of Topliss-reactive ketones (excluding diaryl/α,β-unsaturated/α-hetero) is 1. The van der Waals surface area contributed by atoms with E-state index in [4.69, 9.17) is 4.74 Å². The molecule has 3 rings (SSSR count). The molecule has 1 heterocycles. The number of amides is 2. The van der Waals surface area contributed by atoms with Crippen LogP contribution in [0.3, 0.4) is 0 Å². The van der Waals surface area contributed by atoms with E-state index in [1.54, 1.807) is 55.5 Å². The molecule has 2 N–H and O–H groups in total. The summed E-state index contributed by atoms with van der Waals surface area (Å²) in [7, 11) is -1.95. The Morgan fingerprint density at radius 2 is 1.85 bits per heavy atom. The van der Waals surface area contributed by atoms with Gasteiger partial charge in [-0.15, -0.1) is 0 Å². The van der Waals surface area contributed by atoms with Crippen LogP contribution in [0.5, 0.6) is 5.75 Å². The number of fused-ring (bicyclic) bond motifs is 1. The maximum absolute atomic E-state index is 12.6. The molecule has 26 heavy (non-hydrogen) atoms. The Morgan fingerprint density at radius 3 is 2.62 bits per heavy atom. The van der Waals surface area contributed by atoms with E-state index in [1.807, 2.05) is 0 Å². The Kier molecular flexibility index (Phi) is 5.13. The molecule has 2 amide bonds. The Hall–Kier alpha value is -3.00. The second-order valence-corrected chi connectivity index (χ2v) is 6.92. The largest absolute Gasteiger partial charge is 0.492 e. The zero-order valence-corrected chi connectivity index (χ0v) is 14.7. The van der Waals surface area contributed by atoms with Crippen LogP contribution in [-0.2, 0) is 25.2 Å². The fourth-order valence-electron chi connectivity index (χ4n) is 2.54. The monoisotopic (exact) mass is 372 g/mol. The minimum absolute atomic E-state index is 0.301. The lowest BCUT2D eigenvalue weighted by Gasteiger charge is -2.22. The van der Waals surface area contributed by atoms with Gasteiger partial charge in [0.1, 0.15) is 5.75 Å². The molecule has 0 aliphatic carbocycles. The number of anilines is 2. The predicted molar refractivity (Wildman–Crippen MR) is 96.5 cm³/mol. The SMILES string of the molecule is CCOc1ccccc1NC(=O)C(=O)[C@@H]1C(=O)Nc2ccccc2[S@@]1=O. The van der Waals surface area contributed by atoms with Gasteiger partial charge in [0.05, 0.1) is 33.7 Å². The van der Waals surface area contributed by atoms with Crippen molar-refractivity contribution >= 4 is 39.8 Å². The molecule has 0 bridgehead atoms. The highest BCUT2D eigenvalue weighted by molar-refractivity contribution is 7.87. The summed E-state index contributed by atoms with van der Waals surface area (Å²) >= 11 is 0. The number of nitrogens with one attached hydrogen (secondary N) is 2. The molecular formula is C18H16N2O5S. The molecule has 1 aliphatic heterocycles. The van der Waals surface area contributed by atoms with Crippen LogP contribution in [0.2, 0.25) is 0 Å². The maximum Gasteiger partial charge on any atom is 0.293 e. The van der Waals surface area contributed by atoms with Gasteiger partial charge < -0.3 is 15.4 Å². The standard InChI is InChI=1S/C18H16N2O5S/c1-2-25-13-9-5-3-7-11(13)19-17(22)15(21)16-18(23)20-12-8-4-6-10-14(12)26(16)24/h3-10,16H,2H2,1H3,(H,19,22)(H,20,23)/t16-,26+/m1/s1. The van der Waals surface area contributed by atoms with E-state index in [2.05, 4.69) is 10.6 Å². The number of para-hydroxylation sites is 3. The van der Waals surface area contributed by atoms with Gasteiger partial charge in [0.15, 0.2) is 5.25 Å². The van der Waals surface area contributed by atoms with Crippen molar-refractivity contribution in [2.24, 2.45) is 0 Å². The second kappa shape index (κ2) is 7.49. The first kappa shape index (κ1) is 17.8. The zero-order chi connectivity index (χ0) is 18.7. The van der Waals surface area contributed by atoms with Crippen LogP contribution in [0.15, 0.2) is 53.4 Å². The van der Waals surface area contributed by atoms with E-state index in [1.165, 1.54) is 0 Å². The Bertz CT molecular complexity index is 912. The first-order chi connectivity index (χ1) is 12.5. The number of ketones is 1. The molecule has 134 valence electrons. The van der Waals surface area contributed by atoms with Gasteiger partial charge in [0.2, 0.25) is 11.7 Å². The number of hydrogen-bond donors (Lipinski definition) is 2. The molecule has 0 radical (unpaired) electrons. The van der Waals surface area contributed by atoms with Gasteiger partial charge in [-0.2, -0.15) is 0 Å². The zero-order valence-electron chi connectivity index (χ0n) is 13.9. The van der Waals surface area contributed by atoms with Crippen molar-refractivity contribution in [1.29, 1.82) is 0 Å². The highest BCUT2D eigenvalue weighted by atomic mass is 32.2. The Labute approximate surface area is 152 Å². The first-order valence-corrected chi connectivity index (χ1v) is 9.11. The van der Waals surface area contributed by atoms with Gasteiger partial charge in [-0.3, -0.25) is 18.6 Å². The minimum Gasteiger partial charge on any atom is -0.492 e. The second-order valence-electron chi connectivity index (χ2n) is 5.41. The third kappa shape index (κ3) is 3.36. The summed E-state index contributed by atoms with van der Waals surface area (Å²) in [6, 6.07) is 13.1. The summed E-state index contributed by atoms with van der Waals surface area (Å²) in [4.78, 5) is 37.4. The van der Waals surface area contributed by atoms with Gasteiger partial charge in [-0.1, -0.05) is 24.3 Å². The van der Waals surface area contributed by atoms with Crippen LogP contribution >= 0.6 is 0 Å². The number of benzene rings is 2. The average Bonchev–Trinajstić information content (AvgIpc) is 2.63. The van der Waals surface area contributed by atoms with Gasteiger partial charge in [-0.05, 0) is 31.2 Å². The van der Waals surface area contributed by atoms with Crippen LogP contribution < -0.4 is 15.4 Å². The number of ether oxygens (including phenoxy) is 1. The lowest BCUT2D eigenvalue weighted by Crippen LogP contribution is -2.46. The number of rotatable bonds is 5. The maximum atomic E-state index is 12.6. The molecule has 0 fully saturated rings. The minimum atomic E-state index is -1.95. The summed E-state index contributed by atoms with van der Waals surface area (Å²) in [5.41, 5.74) is 0.678. The molecule has 0 saturated heterocycles. The molecule has 7 nitrogen and oxygen atoms in total. The predicted octanol–water partition coefficient (Wildman–Crippen LogP) is 1.72. The quantitative estimate of drug-likeness (QED) is 0.615. The molecular weight excluding hydrogens is 356 g/mol. The topological polar surface area (TPSA) is 102 Å². The molecule has 0 unspecified atom stereocenters. The smallest absolute Gasteiger partial charge is 0.293 e. The fourth-order valence-corrected chi connectivity index (χ4v) is 3.90. The Morgan fingerprint density at radius 1 is 1.15 bits per heavy atom. The van der Waals surface area contributed by atoms with Crippen molar-refractivity contribution in [2.45, 2.75) is 17.1 Å². The van der Waals surface area contributed by atoms with Crippen molar-refractivity contribution in [3.05, 3.63) is 48.5 Å². The summed E-state index contributed by atoms with van der Waals surface area (Å²) in [6.45, 7) is 2.17. The van der Waals surface area contributed by atoms with E-state index in [0.29, 0.717) is 28.6 Å². The molecule has 2 aromatic carbocycles. The van der Waals surface area contributed by atoms with Gasteiger partial charge >= 0.3 is 0 Å². The highest BCUT2D eigenvalue weighted by Crippen LogP contribution is 2.28. The number of carbonyl (C=O) groups is 3. The summed E-state index contributed by atoms with van der Waals surface area (Å²) < 4.78 is 18.0. The molecule has 0 spiro atoms. The first-order valence-electron chi connectivity index (χ1n) is 7.90. The third-order valence-corrected chi connectivity index (χ3v) is 5.36. The summed E-state index contributed by atoms with van der Waals surface area (Å²) in [6.07, 6.45) is 0. The lowest BCUT2D eigenvalue weighted by molar-refractivity contribution is -0.136. The van der Waals surface area contributed by atoms with Crippen LogP contribution in [0.1, 0.15) is 6.92 Å². The van der Waals surface area contributed by atoms with Crippen molar-refractivity contribution in [3.8, 4) is 5.75 Å². The molecule has 1 aliphatic rings.